The van der Waals surface area contributed by atoms with Crippen LogP contribution in [0.4, 0.5) is 0 Å². The minimum Gasteiger partial charge on any atom is -0.388 e. The molecule has 1 unspecified atom stereocenters. The Balaban J connectivity index is 3.43. The fourth-order valence-corrected chi connectivity index (χ4v) is 2.64. The molecule has 0 saturated carbocycles. The molecule has 0 bridgehead atoms. The average molecular weight is 347 g/mol. The highest BCUT2D eigenvalue weighted by Crippen LogP contribution is 2.11. The number of nitrogens with zero attached hydrogens (tertiary/aromatic N) is 1. The second kappa shape index (κ2) is 14.8. The van der Waals surface area contributed by atoms with E-state index in [1.807, 2.05) is 11.8 Å². The summed E-state index contributed by atoms with van der Waals surface area (Å²) in [5, 5.41) is 3.49. The van der Waals surface area contributed by atoms with Crippen molar-refractivity contribution in [2.45, 2.75) is 57.7 Å². The van der Waals surface area contributed by atoms with Gasteiger partial charge in [-0.1, -0.05) is 13.8 Å². The Morgan fingerprint density at radius 1 is 1.26 bits per heavy atom. The Labute approximate surface area is 145 Å². The van der Waals surface area contributed by atoms with Gasteiger partial charge in [0.05, 0.1) is 18.5 Å². The maximum Gasteiger partial charge on any atom is 0.236 e. The highest BCUT2D eigenvalue weighted by atomic mass is 32.2. The van der Waals surface area contributed by atoms with Crippen molar-refractivity contribution in [3.8, 4) is 0 Å². The van der Waals surface area contributed by atoms with Crippen molar-refractivity contribution in [3.63, 3.8) is 0 Å². The second-order valence-corrected chi connectivity index (χ2v) is 7.49. The molecule has 0 saturated heterocycles. The highest BCUT2D eigenvalue weighted by Gasteiger charge is 2.11. The molecule has 1 atom stereocenters. The molecular weight excluding hydrogens is 312 g/mol. The van der Waals surface area contributed by atoms with E-state index in [4.69, 9.17) is 16.2 Å². The molecule has 0 radical (unpaired) electrons. The number of rotatable bonds is 14. The first-order chi connectivity index (χ1) is 10.9. The number of hydrogen-bond acceptors (Lipinski definition) is 5. The lowest BCUT2D eigenvalue weighted by molar-refractivity contribution is -0.122. The summed E-state index contributed by atoms with van der Waals surface area (Å²) in [4.78, 5) is 15.8. The Morgan fingerprint density at radius 3 is 2.65 bits per heavy atom. The Hall–Kier alpha value is -0.790. The normalized spacial score (nSPS) is 13.3. The molecule has 0 aromatic heterocycles. The molecule has 7 heteroatoms. The van der Waals surface area contributed by atoms with Gasteiger partial charge in [0, 0.05) is 19.7 Å². The van der Waals surface area contributed by atoms with E-state index >= 15 is 0 Å². The van der Waals surface area contributed by atoms with Crippen molar-refractivity contribution in [1.82, 2.24) is 5.32 Å². The first kappa shape index (κ1) is 22.2. The van der Waals surface area contributed by atoms with Crippen LogP contribution in [0, 0.1) is 0 Å². The van der Waals surface area contributed by atoms with E-state index in [2.05, 4.69) is 24.2 Å². The van der Waals surface area contributed by atoms with Crippen molar-refractivity contribution in [3.05, 3.63) is 0 Å². The van der Waals surface area contributed by atoms with Gasteiger partial charge in [-0.3, -0.25) is 9.79 Å². The van der Waals surface area contributed by atoms with Gasteiger partial charge in [0.15, 0.2) is 0 Å². The van der Waals surface area contributed by atoms with E-state index in [0.717, 1.165) is 19.4 Å². The van der Waals surface area contributed by atoms with Crippen LogP contribution in [0.2, 0.25) is 0 Å². The molecule has 23 heavy (non-hydrogen) atoms. The van der Waals surface area contributed by atoms with Crippen LogP contribution in [0.1, 0.15) is 46.5 Å². The summed E-state index contributed by atoms with van der Waals surface area (Å²) in [6.07, 6.45) is 3.60. The molecule has 0 aliphatic rings. The summed E-state index contributed by atoms with van der Waals surface area (Å²) in [6, 6.07) is -0.490. The van der Waals surface area contributed by atoms with Gasteiger partial charge >= 0.3 is 0 Å². The molecule has 0 aliphatic carbocycles. The number of unbranched alkanes of at least 4 members (excludes halogenated alkanes) is 1. The van der Waals surface area contributed by atoms with Gasteiger partial charge < -0.3 is 21.5 Å². The lowest BCUT2D eigenvalue weighted by atomic mass is 10.1. The van der Waals surface area contributed by atoms with Gasteiger partial charge in [0.1, 0.15) is 0 Å². The predicted octanol–water partition coefficient (Wildman–Crippen LogP) is 1.53. The molecule has 0 aliphatic heterocycles. The standard InChI is InChI=1S/C16H34N4O2S/c1-13(2)23-12-5-4-10-22-11-9-20-16(21)15(18)7-6-8-19-14(3)17/h13,15H,4-12,18H2,1-3H3,(H2,17,19)(H,20,21). The Bertz CT molecular complexity index is 334. The summed E-state index contributed by atoms with van der Waals surface area (Å²) in [5.74, 6) is 1.61. The van der Waals surface area contributed by atoms with Crippen molar-refractivity contribution < 1.29 is 9.53 Å². The minimum atomic E-state index is -0.490. The molecular formula is C16H34N4O2S. The first-order valence-electron chi connectivity index (χ1n) is 8.42. The van der Waals surface area contributed by atoms with E-state index in [1.165, 1.54) is 12.2 Å². The van der Waals surface area contributed by atoms with Crippen LogP contribution in [0.3, 0.4) is 0 Å². The summed E-state index contributed by atoms with van der Waals surface area (Å²) < 4.78 is 5.50. The minimum absolute atomic E-state index is 0.129. The van der Waals surface area contributed by atoms with Crippen molar-refractivity contribution in [2.75, 3.05) is 32.1 Å². The lowest BCUT2D eigenvalue weighted by Crippen LogP contribution is -2.41. The molecule has 0 spiro atoms. The van der Waals surface area contributed by atoms with Crippen LogP contribution in [0.25, 0.3) is 0 Å². The second-order valence-electron chi connectivity index (χ2n) is 5.80. The maximum absolute atomic E-state index is 11.8. The van der Waals surface area contributed by atoms with Crippen molar-refractivity contribution >= 4 is 23.5 Å². The summed E-state index contributed by atoms with van der Waals surface area (Å²) in [7, 11) is 0. The third-order valence-corrected chi connectivity index (χ3v) is 4.24. The van der Waals surface area contributed by atoms with E-state index < -0.39 is 6.04 Å². The smallest absolute Gasteiger partial charge is 0.236 e. The van der Waals surface area contributed by atoms with Gasteiger partial charge in [0.2, 0.25) is 5.91 Å². The third kappa shape index (κ3) is 15.9. The zero-order valence-corrected chi connectivity index (χ0v) is 15.7. The lowest BCUT2D eigenvalue weighted by Gasteiger charge is -2.12. The van der Waals surface area contributed by atoms with Crippen molar-refractivity contribution in [1.29, 1.82) is 0 Å². The van der Waals surface area contributed by atoms with Crippen molar-refractivity contribution in [2.24, 2.45) is 16.5 Å². The number of ether oxygens (including phenoxy) is 1. The molecule has 136 valence electrons. The number of carbonyl (C=O) groups excluding carboxylic acids is 1. The van der Waals surface area contributed by atoms with Gasteiger partial charge in [-0.05, 0) is 43.6 Å². The number of carbonyl (C=O) groups is 1. The molecule has 0 heterocycles. The number of hydrogen-bond donors (Lipinski definition) is 3. The SMILES string of the molecule is CC(N)=NCCCC(N)C(=O)NCCOCCCCSC(C)C. The molecule has 5 N–H and O–H groups in total. The van der Waals surface area contributed by atoms with Crippen LogP contribution in [-0.2, 0) is 9.53 Å². The summed E-state index contributed by atoms with van der Waals surface area (Å²) >= 11 is 1.97. The topological polar surface area (TPSA) is 103 Å². The summed E-state index contributed by atoms with van der Waals surface area (Å²) in [6.45, 7) is 8.57. The van der Waals surface area contributed by atoms with E-state index in [9.17, 15) is 4.79 Å². The van der Waals surface area contributed by atoms with E-state index in [0.29, 0.717) is 37.2 Å². The number of amidine groups is 1. The predicted molar refractivity (Wildman–Crippen MR) is 100 cm³/mol. The van der Waals surface area contributed by atoms with Gasteiger partial charge in [0.25, 0.3) is 0 Å². The molecule has 0 aromatic rings. The molecule has 0 fully saturated rings. The van der Waals surface area contributed by atoms with Crippen LogP contribution >= 0.6 is 11.8 Å². The fourth-order valence-electron chi connectivity index (χ4n) is 1.80. The van der Waals surface area contributed by atoms with E-state index in [-0.39, 0.29) is 5.91 Å². The first-order valence-corrected chi connectivity index (χ1v) is 9.47. The van der Waals surface area contributed by atoms with Gasteiger partial charge in [-0.25, -0.2) is 0 Å². The Kier molecular flexibility index (Phi) is 14.3. The van der Waals surface area contributed by atoms with Crippen LogP contribution in [0.5, 0.6) is 0 Å². The van der Waals surface area contributed by atoms with E-state index in [1.54, 1.807) is 6.92 Å². The fraction of sp³-hybridized carbons (Fsp3) is 0.875. The summed E-state index contributed by atoms with van der Waals surface area (Å²) in [5.41, 5.74) is 11.3. The zero-order valence-electron chi connectivity index (χ0n) is 14.8. The highest BCUT2D eigenvalue weighted by molar-refractivity contribution is 7.99. The van der Waals surface area contributed by atoms with Crippen LogP contribution in [-0.4, -0.2) is 55.1 Å². The average Bonchev–Trinajstić information content (AvgIpc) is 2.48. The quantitative estimate of drug-likeness (QED) is 0.251. The third-order valence-electron chi connectivity index (χ3n) is 3.05. The maximum atomic E-state index is 11.8. The monoisotopic (exact) mass is 346 g/mol. The number of nitrogens with one attached hydrogen (secondary N) is 1. The zero-order chi connectivity index (χ0) is 17.5. The molecule has 1 amide bonds. The van der Waals surface area contributed by atoms with Crippen LogP contribution < -0.4 is 16.8 Å². The number of nitrogens with two attached hydrogens (primary N) is 2. The molecule has 0 aromatic carbocycles. The van der Waals surface area contributed by atoms with Crippen LogP contribution in [0.15, 0.2) is 4.99 Å². The van der Waals surface area contributed by atoms with Gasteiger partial charge in [-0.2, -0.15) is 11.8 Å². The molecule has 0 rings (SSSR count). The Morgan fingerprint density at radius 2 is 2.00 bits per heavy atom. The largest absolute Gasteiger partial charge is 0.388 e. The van der Waals surface area contributed by atoms with Gasteiger partial charge in [-0.15, -0.1) is 0 Å². The number of amides is 1. The molecule has 6 nitrogen and oxygen atoms in total. The number of aliphatic imine (C=N–C) groups is 1. The number of thioether (sulfide) groups is 1.